The quantitative estimate of drug-likeness (QED) is 0.0201. The third-order valence-corrected chi connectivity index (χ3v) is 18.5. The molecule has 3 heterocycles. The number of hydrogen-bond donors (Lipinski definition) is 15. The number of phenolic OH excluding ortho intramolecular Hbond substituents is 1. The van der Waals surface area contributed by atoms with Crippen LogP contribution in [-0.4, -0.2) is 188 Å². The maximum Gasteiger partial charge on any atom is 0.334 e. The van der Waals surface area contributed by atoms with Crippen molar-refractivity contribution >= 4 is 82.9 Å². The minimum absolute atomic E-state index is 0.00711. The van der Waals surface area contributed by atoms with E-state index in [0.29, 0.717) is 24.3 Å². The van der Waals surface area contributed by atoms with Gasteiger partial charge in [0.2, 0.25) is 65.0 Å². The van der Waals surface area contributed by atoms with Gasteiger partial charge in [-0.05, 0) is 119 Å². The highest BCUT2D eigenvalue weighted by molar-refractivity contribution is 5.99. The molecule has 17 N–H and O–H groups in total. The molecular weight excluding hydrogens is 1350 g/mol. The van der Waals surface area contributed by atoms with Crippen LogP contribution in [0.25, 0.3) is 0 Å². The summed E-state index contributed by atoms with van der Waals surface area (Å²) in [5, 5.41) is 63.6. The Kier molecular flexibility index (Phi) is 38.3. The van der Waals surface area contributed by atoms with Gasteiger partial charge in [0, 0.05) is 45.1 Å². The Hall–Kier alpha value is -9.26. The van der Waals surface area contributed by atoms with Gasteiger partial charge in [0.05, 0.1) is 6.10 Å². The standard InChI is InChI=1S/C73H112N12O19/c1-7-44(4)62-73(103)104-50-31-27-48(28-32-50)42-56(81-65(95)51(22-19-39-74)78-66(96)52(34-37-60(90)91)77-59(89)24-18-16-14-12-10-8-9-11-13-15-17-21-43(2)3)69(99)84-63(46(6)86)71(101)80-54(35-38-61(92)93)64(94)76-45(5)72(102)85-40-20-23-57(85)70(100)79-53(33-36-58(75)88)67(97)82-55(68(98)83-62)41-47-25-29-49(87)30-26-47/h25-32,43-46,51-57,62-63,86-87H,7-24,33-42,74H2,1-6H3,(H2,75,88)(H,76,94)(H,77,89)(H,78,96)(H,79,100)(H,80,101)(H,81,95)(H,82,97)(H,83,98)(H,84,99)(H,90,91)(H,92,93). The van der Waals surface area contributed by atoms with Crippen LogP contribution in [-0.2, 0) is 80.0 Å². The lowest BCUT2D eigenvalue weighted by molar-refractivity contribution is -0.143. The first-order valence-corrected chi connectivity index (χ1v) is 36.6. The molecule has 2 aromatic rings. The fourth-order valence-corrected chi connectivity index (χ4v) is 12.2. The average molecular weight is 1460 g/mol. The first kappa shape index (κ1) is 87.1. The fraction of sp³-hybridized carbons (Fsp3) is 0.644. The first-order chi connectivity index (χ1) is 49.4. The van der Waals surface area contributed by atoms with E-state index in [1.165, 1.54) is 94.0 Å². The van der Waals surface area contributed by atoms with Crippen LogP contribution >= 0.6 is 0 Å². The molecule has 12 unspecified atom stereocenters. The van der Waals surface area contributed by atoms with Gasteiger partial charge in [0.25, 0.3) is 0 Å². The number of phenols is 1. The summed E-state index contributed by atoms with van der Waals surface area (Å²) < 4.78 is 5.83. The van der Waals surface area contributed by atoms with E-state index in [1.54, 1.807) is 13.8 Å². The molecule has 0 aromatic heterocycles. The highest BCUT2D eigenvalue weighted by atomic mass is 16.5. The van der Waals surface area contributed by atoms with E-state index in [1.807, 2.05) is 0 Å². The number of nitrogens with zero attached hydrogens (tertiary/aromatic N) is 1. The number of nitrogens with one attached hydrogen (secondary N) is 9. The number of hydrogen-bond acceptors (Lipinski definition) is 18. The van der Waals surface area contributed by atoms with Crippen LogP contribution in [0.1, 0.15) is 207 Å². The van der Waals surface area contributed by atoms with Gasteiger partial charge in [-0.15, -0.1) is 0 Å². The molecule has 3 aliphatic heterocycles. The molecule has 0 spiro atoms. The van der Waals surface area contributed by atoms with Crippen molar-refractivity contribution in [2.24, 2.45) is 23.3 Å². The summed E-state index contributed by atoms with van der Waals surface area (Å²) in [4.78, 5) is 194. The van der Waals surface area contributed by atoms with E-state index >= 15 is 0 Å². The minimum Gasteiger partial charge on any atom is -0.508 e. The van der Waals surface area contributed by atoms with Gasteiger partial charge in [-0.2, -0.15) is 0 Å². The van der Waals surface area contributed by atoms with E-state index in [9.17, 15) is 87.5 Å². The molecule has 1 saturated heterocycles. The molecule has 0 aliphatic carbocycles. The average Bonchev–Trinajstić information content (AvgIpc) is 1.71. The molecule has 1 fully saturated rings. The van der Waals surface area contributed by atoms with Gasteiger partial charge in [0.1, 0.15) is 71.9 Å². The van der Waals surface area contributed by atoms with Crippen LogP contribution in [0.4, 0.5) is 0 Å². The number of esters is 1. The van der Waals surface area contributed by atoms with Crippen LogP contribution < -0.4 is 64.1 Å². The summed E-state index contributed by atoms with van der Waals surface area (Å²) in [5.41, 5.74) is 12.1. The number of aliphatic hydroxyl groups excluding tert-OH is 1. The number of unbranched alkanes of at least 4 members (excludes halogenated alkanes) is 10. The van der Waals surface area contributed by atoms with E-state index in [2.05, 4.69) is 61.7 Å². The molecule has 11 amide bonds. The Bertz CT molecular complexity index is 3190. The van der Waals surface area contributed by atoms with Crippen molar-refractivity contribution < 1.29 is 92.3 Å². The smallest absolute Gasteiger partial charge is 0.334 e. The topological polar surface area (TPSA) is 493 Å². The van der Waals surface area contributed by atoms with Crippen molar-refractivity contribution in [1.82, 2.24) is 52.8 Å². The Balaban J connectivity index is 1.73. The number of carbonyl (C=O) groups is 14. The Labute approximate surface area is 608 Å². The molecule has 0 saturated carbocycles. The zero-order valence-electron chi connectivity index (χ0n) is 60.9. The maximum absolute atomic E-state index is 14.8. The van der Waals surface area contributed by atoms with Crippen molar-refractivity contribution in [3.63, 3.8) is 0 Å². The van der Waals surface area contributed by atoms with Gasteiger partial charge >= 0.3 is 17.9 Å². The van der Waals surface area contributed by atoms with E-state index in [-0.39, 0.29) is 81.5 Å². The molecule has 0 radical (unpaired) electrons. The summed E-state index contributed by atoms with van der Waals surface area (Å²) >= 11 is 0. The summed E-state index contributed by atoms with van der Waals surface area (Å²) in [7, 11) is 0. The van der Waals surface area contributed by atoms with Crippen molar-refractivity contribution in [3.05, 3.63) is 59.7 Å². The lowest BCUT2D eigenvalue weighted by Gasteiger charge is -2.30. The lowest BCUT2D eigenvalue weighted by Crippen LogP contribution is -2.62. The number of aliphatic hydroxyl groups is 1. The van der Waals surface area contributed by atoms with Crippen molar-refractivity contribution in [3.8, 4) is 11.5 Å². The van der Waals surface area contributed by atoms with E-state index < -0.39 is 187 Å². The van der Waals surface area contributed by atoms with Crippen LogP contribution in [0.3, 0.4) is 0 Å². The normalized spacial score (nSPS) is 21.7. The number of aromatic hydroxyl groups is 1. The predicted octanol–water partition coefficient (Wildman–Crippen LogP) is 2.36. The van der Waals surface area contributed by atoms with Gasteiger partial charge in [-0.1, -0.05) is 129 Å². The van der Waals surface area contributed by atoms with Gasteiger partial charge in [0.15, 0.2) is 0 Å². The monoisotopic (exact) mass is 1460 g/mol. The largest absolute Gasteiger partial charge is 0.508 e. The van der Waals surface area contributed by atoms with Crippen molar-refractivity contribution in [1.29, 1.82) is 0 Å². The molecule has 31 nitrogen and oxygen atoms in total. The van der Waals surface area contributed by atoms with Crippen LogP contribution in [0.5, 0.6) is 11.5 Å². The molecule has 31 heteroatoms. The third-order valence-electron chi connectivity index (χ3n) is 18.5. The van der Waals surface area contributed by atoms with Gasteiger partial charge in [-0.3, -0.25) is 62.3 Å². The zero-order valence-corrected chi connectivity index (χ0v) is 60.9. The molecule has 5 rings (SSSR count). The highest BCUT2D eigenvalue weighted by Gasteiger charge is 2.41. The van der Waals surface area contributed by atoms with Crippen LogP contribution in [0.15, 0.2) is 48.5 Å². The van der Waals surface area contributed by atoms with Crippen LogP contribution in [0, 0.1) is 11.8 Å². The highest BCUT2D eigenvalue weighted by Crippen LogP contribution is 2.23. The SMILES string of the molecule is CCC(C)C1NC(=O)C(Cc2ccc(O)cc2)NC(=O)C(CCC(N)=O)NC(=O)C2CCCN2C(=O)C(C)NC(=O)C(CCC(=O)O)NC(=O)C(C(C)O)NC(=O)C(NC(=O)C(CCCN)NC(=O)C(CCC(=O)O)NC(=O)CCCCCCCCCCCCCC(C)C)Cc2ccc(cc2)OC1=O. The summed E-state index contributed by atoms with van der Waals surface area (Å²) in [6.45, 7) is 10.2. The van der Waals surface area contributed by atoms with Crippen molar-refractivity contribution in [2.75, 3.05) is 13.1 Å². The molecular formula is C73H112N12O19. The number of rotatable bonds is 36. The minimum atomic E-state index is -1.96. The number of carboxylic acid groups (broad SMARTS) is 2. The molecule has 104 heavy (non-hydrogen) atoms. The molecule has 2 bridgehead atoms. The summed E-state index contributed by atoms with van der Waals surface area (Å²) in [6.07, 6.45) is 7.82. The second kappa shape index (κ2) is 45.8. The zero-order chi connectivity index (χ0) is 77.0. The number of aliphatic carboxylic acids is 2. The number of carboxylic acids is 2. The van der Waals surface area contributed by atoms with Gasteiger partial charge in [-0.25, -0.2) is 4.79 Å². The predicted molar refractivity (Wildman–Crippen MR) is 382 cm³/mol. The number of primary amides is 1. The molecule has 3 aliphatic rings. The second-order valence-electron chi connectivity index (χ2n) is 27.7. The van der Waals surface area contributed by atoms with Gasteiger partial charge < -0.3 is 89.4 Å². The second-order valence-corrected chi connectivity index (χ2v) is 27.7. The fourth-order valence-electron chi connectivity index (χ4n) is 12.2. The Morgan fingerprint density at radius 2 is 1.14 bits per heavy atom. The summed E-state index contributed by atoms with van der Waals surface area (Å²) in [6, 6.07) is -4.50. The third kappa shape index (κ3) is 31.4. The molecule has 12 atom stereocenters. The maximum atomic E-state index is 14.8. The van der Waals surface area contributed by atoms with E-state index in [4.69, 9.17) is 16.2 Å². The number of amides is 11. The van der Waals surface area contributed by atoms with Crippen molar-refractivity contribution in [2.45, 2.75) is 275 Å². The number of carbonyl (C=O) groups excluding carboxylic acids is 12. The number of fused-ring (bicyclic) bond motifs is 23. The van der Waals surface area contributed by atoms with Crippen LogP contribution in [0.2, 0.25) is 0 Å². The lowest BCUT2D eigenvalue weighted by atomic mass is 9.97. The molecule has 578 valence electrons. The number of nitrogens with two attached hydrogens (primary N) is 2. The number of ether oxygens (including phenoxy) is 1. The Morgan fingerprint density at radius 1 is 0.596 bits per heavy atom. The number of benzene rings is 2. The summed E-state index contributed by atoms with van der Waals surface area (Å²) in [5.74, 6) is -14.1. The first-order valence-electron chi connectivity index (χ1n) is 36.6. The Morgan fingerprint density at radius 3 is 1.72 bits per heavy atom. The van der Waals surface area contributed by atoms with E-state index in [0.717, 1.165) is 43.9 Å². The molecule has 2 aromatic carbocycles.